The van der Waals surface area contributed by atoms with E-state index in [1.807, 2.05) is 13.8 Å². The van der Waals surface area contributed by atoms with Crippen molar-refractivity contribution >= 4 is 30.2 Å². The Morgan fingerprint density at radius 2 is 1.67 bits per heavy atom. The Kier molecular flexibility index (Phi) is 13.0. The van der Waals surface area contributed by atoms with Gasteiger partial charge in [0, 0.05) is 13.6 Å². The molecule has 0 saturated heterocycles. The van der Waals surface area contributed by atoms with Crippen LogP contribution in [0.5, 0.6) is 0 Å². The fourth-order valence-corrected chi connectivity index (χ4v) is 1.66. The van der Waals surface area contributed by atoms with Gasteiger partial charge in [-0.05, 0) is 19.4 Å². The number of hydrogen-bond acceptors (Lipinski definition) is 4. The van der Waals surface area contributed by atoms with Gasteiger partial charge in [0.15, 0.2) is 0 Å². The molecule has 0 radical (unpaired) electrons. The third-order valence-electron chi connectivity index (χ3n) is 2.64. The molecule has 8 heteroatoms. The highest BCUT2D eigenvalue weighted by molar-refractivity contribution is 5.86. The van der Waals surface area contributed by atoms with E-state index < -0.39 is 5.97 Å². The molecule has 0 atom stereocenters. The highest BCUT2D eigenvalue weighted by atomic mass is 35.5. The lowest BCUT2D eigenvalue weighted by Crippen LogP contribution is -2.44. The van der Waals surface area contributed by atoms with Crippen molar-refractivity contribution in [3.63, 3.8) is 0 Å². The number of carbonyl (C=O) groups excluding carboxylic acids is 2. The Bertz CT molecular complexity index is 339. The van der Waals surface area contributed by atoms with Crippen LogP contribution in [0.3, 0.4) is 0 Å². The van der Waals surface area contributed by atoms with E-state index >= 15 is 0 Å². The van der Waals surface area contributed by atoms with Crippen molar-refractivity contribution < 1.29 is 19.5 Å². The standard InChI is InChI=1S/C13H25N3O4.ClH/c1-4-6-14-11(17)8-15(3)12(18)9-16(7-5-2)10-13(19)20;/h4-10H2,1-3H3,(H,14,17)(H,19,20);1H. The Balaban J connectivity index is 0. The van der Waals surface area contributed by atoms with Crippen LogP contribution >= 0.6 is 12.4 Å². The topological polar surface area (TPSA) is 90.0 Å². The van der Waals surface area contributed by atoms with Gasteiger partial charge in [-0.15, -0.1) is 12.4 Å². The lowest BCUT2D eigenvalue weighted by Gasteiger charge is -2.23. The number of carbonyl (C=O) groups is 3. The summed E-state index contributed by atoms with van der Waals surface area (Å²) in [5, 5.41) is 11.5. The predicted octanol–water partition coefficient (Wildman–Crippen LogP) is 0.189. The first kappa shape index (κ1) is 21.9. The van der Waals surface area contributed by atoms with Crippen LogP contribution in [0.25, 0.3) is 0 Å². The van der Waals surface area contributed by atoms with Crippen LogP contribution in [0.4, 0.5) is 0 Å². The van der Waals surface area contributed by atoms with Crippen molar-refractivity contribution in [3.05, 3.63) is 0 Å². The van der Waals surface area contributed by atoms with Gasteiger partial charge in [0.1, 0.15) is 0 Å². The second kappa shape index (κ2) is 12.4. The fraction of sp³-hybridized carbons (Fsp3) is 0.769. The molecule has 0 unspecified atom stereocenters. The van der Waals surface area contributed by atoms with Gasteiger partial charge in [0.2, 0.25) is 11.8 Å². The van der Waals surface area contributed by atoms with Crippen LogP contribution in [0.2, 0.25) is 0 Å². The molecule has 0 heterocycles. The first-order chi connectivity index (χ1) is 9.40. The van der Waals surface area contributed by atoms with E-state index in [4.69, 9.17) is 5.11 Å². The summed E-state index contributed by atoms with van der Waals surface area (Å²) in [6, 6.07) is 0. The summed E-state index contributed by atoms with van der Waals surface area (Å²) in [6.45, 7) is 4.82. The average Bonchev–Trinajstić information content (AvgIpc) is 2.35. The zero-order chi connectivity index (χ0) is 15.5. The van der Waals surface area contributed by atoms with Crippen molar-refractivity contribution in [1.82, 2.24) is 15.1 Å². The molecule has 0 bridgehead atoms. The second-order valence-corrected chi connectivity index (χ2v) is 4.70. The molecule has 7 nitrogen and oxygen atoms in total. The smallest absolute Gasteiger partial charge is 0.317 e. The summed E-state index contributed by atoms with van der Waals surface area (Å²) in [7, 11) is 1.54. The number of nitrogens with zero attached hydrogens (tertiary/aromatic N) is 2. The SMILES string of the molecule is CCCNC(=O)CN(C)C(=O)CN(CCC)CC(=O)O.Cl. The third-order valence-corrected chi connectivity index (χ3v) is 2.64. The van der Waals surface area contributed by atoms with Crippen molar-refractivity contribution in [2.24, 2.45) is 0 Å². The van der Waals surface area contributed by atoms with Gasteiger partial charge >= 0.3 is 5.97 Å². The zero-order valence-corrected chi connectivity index (χ0v) is 13.7. The van der Waals surface area contributed by atoms with Crippen LogP contribution in [0.1, 0.15) is 26.7 Å². The molecular weight excluding hydrogens is 298 g/mol. The minimum absolute atomic E-state index is 0. The molecule has 124 valence electrons. The molecule has 0 spiro atoms. The van der Waals surface area contributed by atoms with Crippen LogP contribution in [-0.2, 0) is 14.4 Å². The van der Waals surface area contributed by atoms with Gasteiger partial charge in [0.05, 0.1) is 19.6 Å². The van der Waals surface area contributed by atoms with Crippen LogP contribution < -0.4 is 5.32 Å². The van der Waals surface area contributed by atoms with Gasteiger partial charge < -0.3 is 15.3 Å². The summed E-state index contributed by atoms with van der Waals surface area (Å²) in [5.74, 6) is -1.43. The summed E-state index contributed by atoms with van der Waals surface area (Å²) < 4.78 is 0. The molecule has 0 aliphatic carbocycles. The van der Waals surface area contributed by atoms with E-state index in [1.165, 1.54) is 4.90 Å². The molecule has 0 aromatic heterocycles. The number of rotatable bonds is 10. The van der Waals surface area contributed by atoms with Crippen LogP contribution in [0, 0.1) is 0 Å². The molecule has 0 rings (SSSR count). The molecular formula is C13H26ClN3O4. The number of halogens is 1. The molecule has 21 heavy (non-hydrogen) atoms. The molecule has 0 aromatic carbocycles. The highest BCUT2D eigenvalue weighted by Crippen LogP contribution is 1.95. The van der Waals surface area contributed by atoms with Crippen LogP contribution in [-0.4, -0.2) is 72.5 Å². The number of carboxylic acids is 1. The summed E-state index contributed by atoms with van der Waals surface area (Å²) in [4.78, 5) is 37.0. The Labute approximate surface area is 132 Å². The van der Waals surface area contributed by atoms with Gasteiger partial charge in [-0.1, -0.05) is 13.8 Å². The van der Waals surface area contributed by atoms with Crippen molar-refractivity contribution in [2.75, 3.05) is 39.8 Å². The number of amides is 2. The minimum Gasteiger partial charge on any atom is -0.480 e. The lowest BCUT2D eigenvalue weighted by molar-refractivity contribution is -0.140. The first-order valence-electron chi connectivity index (χ1n) is 6.85. The normalized spacial score (nSPS) is 9.90. The maximum atomic E-state index is 11.9. The molecule has 2 amide bonds. The maximum absolute atomic E-state index is 11.9. The molecule has 0 saturated carbocycles. The molecule has 0 fully saturated rings. The summed E-state index contributed by atoms with van der Waals surface area (Å²) >= 11 is 0. The summed E-state index contributed by atoms with van der Waals surface area (Å²) in [6.07, 6.45) is 1.60. The molecule has 0 aliphatic heterocycles. The van der Waals surface area contributed by atoms with Gasteiger partial charge in [-0.25, -0.2) is 0 Å². The highest BCUT2D eigenvalue weighted by Gasteiger charge is 2.17. The van der Waals surface area contributed by atoms with E-state index in [0.717, 1.165) is 12.8 Å². The number of nitrogens with one attached hydrogen (secondary N) is 1. The maximum Gasteiger partial charge on any atom is 0.317 e. The van der Waals surface area contributed by atoms with Gasteiger partial charge in [-0.2, -0.15) is 0 Å². The molecule has 0 aliphatic rings. The number of hydrogen-bond donors (Lipinski definition) is 2. The number of carboxylic acid groups (broad SMARTS) is 1. The van der Waals surface area contributed by atoms with Crippen molar-refractivity contribution in [1.29, 1.82) is 0 Å². The predicted molar refractivity (Wildman–Crippen MR) is 82.6 cm³/mol. The van der Waals surface area contributed by atoms with Crippen LogP contribution in [0.15, 0.2) is 0 Å². The van der Waals surface area contributed by atoms with Crippen molar-refractivity contribution in [2.45, 2.75) is 26.7 Å². The van der Waals surface area contributed by atoms with E-state index in [9.17, 15) is 14.4 Å². The number of aliphatic carboxylic acids is 1. The Morgan fingerprint density at radius 3 is 2.14 bits per heavy atom. The largest absolute Gasteiger partial charge is 0.480 e. The Morgan fingerprint density at radius 1 is 1.05 bits per heavy atom. The van der Waals surface area contributed by atoms with E-state index in [-0.39, 0.29) is 43.9 Å². The zero-order valence-electron chi connectivity index (χ0n) is 12.9. The van der Waals surface area contributed by atoms with Crippen molar-refractivity contribution in [3.8, 4) is 0 Å². The van der Waals surface area contributed by atoms with Gasteiger partial charge in [0.25, 0.3) is 0 Å². The number of likely N-dealkylation sites (N-methyl/N-ethyl adjacent to an activating group) is 1. The lowest BCUT2D eigenvalue weighted by atomic mass is 10.3. The average molecular weight is 324 g/mol. The first-order valence-corrected chi connectivity index (χ1v) is 6.85. The quantitative estimate of drug-likeness (QED) is 0.599. The fourth-order valence-electron chi connectivity index (χ4n) is 1.66. The van der Waals surface area contributed by atoms with E-state index in [2.05, 4.69) is 5.32 Å². The summed E-state index contributed by atoms with van der Waals surface area (Å²) in [5.41, 5.74) is 0. The molecule has 0 aromatic rings. The van der Waals surface area contributed by atoms with E-state index in [1.54, 1.807) is 11.9 Å². The Hall–Kier alpha value is -1.34. The molecule has 2 N–H and O–H groups in total. The van der Waals surface area contributed by atoms with Gasteiger partial charge in [-0.3, -0.25) is 19.3 Å². The third kappa shape index (κ3) is 11.0. The van der Waals surface area contributed by atoms with E-state index in [0.29, 0.717) is 13.1 Å². The monoisotopic (exact) mass is 323 g/mol. The second-order valence-electron chi connectivity index (χ2n) is 4.70. The minimum atomic E-state index is -0.963.